The number of aliphatic hydroxyl groups is 3. The highest BCUT2D eigenvalue weighted by Gasteiger charge is 2.64. The highest BCUT2D eigenvalue weighted by molar-refractivity contribution is 6.31. The van der Waals surface area contributed by atoms with Crippen LogP contribution >= 0.6 is 11.6 Å². The van der Waals surface area contributed by atoms with Crippen molar-refractivity contribution in [2.24, 2.45) is 17.6 Å². The molecule has 14 heteroatoms. The number of nitrogens with zero attached hydrogens (tertiary/aromatic N) is 2. The second kappa shape index (κ2) is 9.84. The number of hydrogen-bond acceptors (Lipinski definition) is 11. The third-order valence-electron chi connectivity index (χ3n) is 7.57. The number of rotatable bonds is 5. The number of Topliss-reactive ketones (excluding diaryl/α,β-unsaturated/α-hetero) is 2. The minimum Gasteiger partial charge on any atom is -0.508 e. The summed E-state index contributed by atoms with van der Waals surface area (Å²) in [5, 5.41) is 50.1. The van der Waals surface area contributed by atoms with Gasteiger partial charge in [0.2, 0.25) is 11.7 Å². The van der Waals surface area contributed by atoms with Crippen molar-refractivity contribution in [3.8, 4) is 5.75 Å². The van der Waals surface area contributed by atoms with Crippen LogP contribution in [0.25, 0.3) is 5.76 Å². The molecule has 2 amide bonds. The molecule has 40 heavy (non-hydrogen) atoms. The first-order valence-corrected chi connectivity index (χ1v) is 12.9. The molecule has 3 aliphatic rings. The van der Waals surface area contributed by atoms with Crippen LogP contribution in [0.15, 0.2) is 16.9 Å². The van der Waals surface area contributed by atoms with Crippen molar-refractivity contribution in [1.82, 2.24) is 15.2 Å². The molecule has 0 saturated heterocycles. The summed E-state index contributed by atoms with van der Waals surface area (Å²) in [5.41, 5.74) is 0.880. The smallest absolute Gasteiger partial charge is 0.255 e. The van der Waals surface area contributed by atoms with Gasteiger partial charge in [-0.25, -0.2) is 4.98 Å². The van der Waals surface area contributed by atoms with Crippen LogP contribution in [0.5, 0.6) is 5.75 Å². The van der Waals surface area contributed by atoms with Gasteiger partial charge in [0.1, 0.15) is 22.2 Å². The predicted octanol–water partition coefficient (Wildman–Crippen LogP) is 0.339. The van der Waals surface area contributed by atoms with Gasteiger partial charge in [0, 0.05) is 22.6 Å². The molecular formula is C26H32ClN5O8. The molecule has 0 spiro atoms. The summed E-state index contributed by atoms with van der Waals surface area (Å²) in [6.45, 7) is 5.44. The number of primary amides is 1. The SMILES string of the molecule is CN(C)[C@@H]1C(=O)C(C(N)=O)=C(O)[C@@]2(O)C(=O)C3=C(O)c4c(O)c(NC(=O)CNC(C)(C)C)nc(Cl)c4C[C@H]3C[C@@H]12. The average Bonchev–Trinajstić information content (AvgIpc) is 2.82. The lowest BCUT2D eigenvalue weighted by Gasteiger charge is -2.50. The van der Waals surface area contributed by atoms with Crippen molar-refractivity contribution in [2.45, 2.75) is 50.8 Å². The monoisotopic (exact) mass is 577 g/mol. The molecule has 4 atom stereocenters. The number of carbonyl (C=O) groups excluding carboxylic acids is 4. The molecule has 0 unspecified atom stereocenters. The molecule has 0 bridgehead atoms. The largest absolute Gasteiger partial charge is 0.508 e. The van der Waals surface area contributed by atoms with Crippen LogP contribution in [-0.4, -0.2) is 91.5 Å². The number of amides is 2. The fourth-order valence-electron chi connectivity index (χ4n) is 5.77. The van der Waals surface area contributed by atoms with Gasteiger partial charge in [0.15, 0.2) is 23.0 Å². The number of anilines is 1. The second-order valence-corrected chi connectivity index (χ2v) is 11.9. The Bertz CT molecular complexity index is 1410. The van der Waals surface area contributed by atoms with Gasteiger partial charge in [-0.1, -0.05) is 11.6 Å². The Morgan fingerprint density at radius 3 is 2.38 bits per heavy atom. The third-order valence-corrected chi connectivity index (χ3v) is 7.88. The molecule has 1 saturated carbocycles. The Kier molecular flexibility index (Phi) is 7.25. The van der Waals surface area contributed by atoms with E-state index < -0.39 is 69.7 Å². The first-order valence-electron chi connectivity index (χ1n) is 12.5. The molecule has 3 aliphatic carbocycles. The van der Waals surface area contributed by atoms with Crippen LogP contribution in [0.3, 0.4) is 0 Å². The maximum atomic E-state index is 13.9. The van der Waals surface area contributed by atoms with E-state index in [4.69, 9.17) is 17.3 Å². The van der Waals surface area contributed by atoms with E-state index in [-0.39, 0.29) is 52.6 Å². The Labute approximate surface area is 234 Å². The molecule has 1 fully saturated rings. The first kappa shape index (κ1) is 29.5. The molecule has 1 aromatic heterocycles. The van der Waals surface area contributed by atoms with Crippen molar-refractivity contribution < 1.29 is 39.6 Å². The van der Waals surface area contributed by atoms with Crippen molar-refractivity contribution in [1.29, 1.82) is 0 Å². The number of halogens is 1. The maximum absolute atomic E-state index is 13.9. The number of nitrogens with two attached hydrogens (primary N) is 1. The van der Waals surface area contributed by atoms with Gasteiger partial charge in [0.25, 0.3) is 5.91 Å². The molecule has 1 aromatic rings. The molecule has 8 N–H and O–H groups in total. The summed E-state index contributed by atoms with van der Waals surface area (Å²) in [4.78, 5) is 57.0. The minimum absolute atomic E-state index is 0.0201. The number of hydrogen-bond donors (Lipinski definition) is 7. The van der Waals surface area contributed by atoms with E-state index in [1.54, 1.807) is 0 Å². The zero-order valence-corrected chi connectivity index (χ0v) is 23.4. The van der Waals surface area contributed by atoms with E-state index in [1.807, 2.05) is 20.8 Å². The number of ketones is 2. The number of fused-ring (bicyclic) bond motifs is 3. The van der Waals surface area contributed by atoms with E-state index in [0.717, 1.165) is 0 Å². The summed E-state index contributed by atoms with van der Waals surface area (Å²) in [6.07, 6.45) is -0.104. The Morgan fingerprint density at radius 2 is 1.82 bits per heavy atom. The standard InChI is InChI=1S/C26H32ClN5O8/c1-25(2,3)29-8-12(33)30-24-19(36)14-10(22(27)31-24)6-9-7-11-16(32(4)5)18(35)15(23(28)39)21(38)26(11,40)20(37)13(9)17(14)34/h9,11,16,29,34,36,38,40H,6-8H2,1-5H3,(H2,28,39)(H,30,31,33)/t9-,11-,16-,26-/m0/s1. The van der Waals surface area contributed by atoms with E-state index in [1.165, 1.54) is 19.0 Å². The number of pyridine rings is 1. The number of aliphatic hydroxyl groups excluding tert-OH is 2. The van der Waals surface area contributed by atoms with Crippen molar-refractivity contribution in [3.05, 3.63) is 33.2 Å². The predicted molar refractivity (Wildman–Crippen MR) is 143 cm³/mol. The number of aromatic nitrogens is 1. The fraction of sp³-hybridized carbons (Fsp3) is 0.500. The van der Waals surface area contributed by atoms with Gasteiger partial charge in [-0.3, -0.25) is 24.1 Å². The lowest BCUT2D eigenvalue weighted by Crippen LogP contribution is -2.65. The topological polar surface area (TPSA) is 215 Å². The molecule has 0 aliphatic heterocycles. The highest BCUT2D eigenvalue weighted by atomic mass is 35.5. The van der Waals surface area contributed by atoms with Crippen LogP contribution < -0.4 is 16.4 Å². The van der Waals surface area contributed by atoms with Crippen LogP contribution in [-0.2, 0) is 25.6 Å². The van der Waals surface area contributed by atoms with E-state index >= 15 is 0 Å². The summed E-state index contributed by atoms with van der Waals surface area (Å²) in [6, 6.07) is -1.20. The number of carbonyl (C=O) groups is 4. The first-order chi connectivity index (χ1) is 18.4. The van der Waals surface area contributed by atoms with Gasteiger partial charge in [-0.15, -0.1) is 0 Å². The Hall–Kier alpha value is -3.52. The van der Waals surface area contributed by atoms with Gasteiger partial charge in [-0.2, -0.15) is 0 Å². The minimum atomic E-state index is -2.76. The van der Waals surface area contributed by atoms with Gasteiger partial charge < -0.3 is 36.8 Å². The van der Waals surface area contributed by atoms with Crippen molar-refractivity contribution in [2.75, 3.05) is 26.0 Å². The second-order valence-electron chi connectivity index (χ2n) is 11.6. The van der Waals surface area contributed by atoms with Crippen molar-refractivity contribution in [3.63, 3.8) is 0 Å². The third kappa shape index (κ3) is 4.52. The molecule has 4 rings (SSSR count). The van der Waals surface area contributed by atoms with Gasteiger partial charge in [0.05, 0.1) is 18.2 Å². The highest BCUT2D eigenvalue weighted by Crippen LogP contribution is 2.53. The zero-order valence-electron chi connectivity index (χ0n) is 22.6. The van der Waals surface area contributed by atoms with Gasteiger partial charge >= 0.3 is 0 Å². The lowest BCUT2D eigenvalue weighted by molar-refractivity contribution is -0.153. The van der Waals surface area contributed by atoms with Crippen LogP contribution in [0.4, 0.5) is 5.82 Å². The summed E-state index contributed by atoms with van der Waals surface area (Å²) in [5.74, 6) is -8.80. The number of aromatic hydroxyl groups is 1. The average molecular weight is 578 g/mol. The van der Waals surface area contributed by atoms with Crippen LogP contribution in [0.2, 0.25) is 5.15 Å². The van der Waals surface area contributed by atoms with Crippen molar-refractivity contribution >= 4 is 46.6 Å². The summed E-state index contributed by atoms with van der Waals surface area (Å²) >= 11 is 6.41. The molecule has 13 nitrogen and oxygen atoms in total. The summed E-state index contributed by atoms with van der Waals surface area (Å²) in [7, 11) is 3.03. The summed E-state index contributed by atoms with van der Waals surface area (Å²) < 4.78 is 0. The molecular weight excluding hydrogens is 546 g/mol. The van der Waals surface area contributed by atoms with Crippen LogP contribution in [0.1, 0.15) is 38.3 Å². The lowest BCUT2D eigenvalue weighted by atomic mass is 9.57. The zero-order chi connectivity index (χ0) is 30.1. The number of nitrogens with one attached hydrogen (secondary N) is 2. The number of likely N-dealkylation sites (N-methyl/N-ethyl adjacent to an activating group) is 1. The molecule has 0 radical (unpaired) electrons. The maximum Gasteiger partial charge on any atom is 0.255 e. The van der Waals surface area contributed by atoms with E-state index in [0.29, 0.717) is 0 Å². The molecule has 216 valence electrons. The molecule has 0 aromatic carbocycles. The van der Waals surface area contributed by atoms with Gasteiger partial charge in [-0.05, 0) is 53.6 Å². The fourth-order valence-corrected chi connectivity index (χ4v) is 6.02. The van der Waals surface area contributed by atoms with E-state index in [9.17, 15) is 39.6 Å². The quantitative estimate of drug-likeness (QED) is 0.187. The Balaban J connectivity index is 1.84. The van der Waals surface area contributed by atoms with E-state index in [2.05, 4.69) is 15.6 Å². The molecule has 1 heterocycles. The Morgan fingerprint density at radius 1 is 1.20 bits per heavy atom. The normalized spacial score (nSPS) is 26.4. The van der Waals surface area contributed by atoms with Crippen LogP contribution in [0, 0.1) is 11.8 Å².